The third-order valence-electron chi connectivity index (χ3n) is 4.76. The van der Waals surface area contributed by atoms with E-state index >= 15 is 0 Å². The molecule has 1 unspecified atom stereocenters. The van der Waals surface area contributed by atoms with Crippen LogP contribution in [-0.4, -0.2) is 50.7 Å². The molecule has 0 radical (unpaired) electrons. The maximum Gasteiger partial charge on any atom is 0.0369 e. The van der Waals surface area contributed by atoms with E-state index in [0.717, 1.165) is 5.92 Å². The second-order valence-corrected chi connectivity index (χ2v) is 6.32. The van der Waals surface area contributed by atoms with Gasteiger partial charge in [-0.2, -0.15) is 0 Å². The van der Waals surface area contributed by atoms with E-state index < -0.39 is 0 Å². The molecule has 0 bridgehead atoms. The Balaban J connectivity index is 0.00000161. The van der Waals surface area contributed by atoms with Crippen LogP contribution >= 0.6 is 12.4 Å². The molecule has 1 atom stereocenters. The van der Waals surface area contributed by atoms with E-state index in [2.05, 4.69) is 46.3 Å². The molecule has 1 aromatic carbocycles. The van der Waals surface area contributed by atoms with Crippen LogP contribution in [0.5, 0.6) is 0 Å². The van der Waals surface area contributed by atoms with Crippen LogP contribution in [0.25, 0.3) is 0 Å². The number of rotatable bonds is 4. The molecule has 1 N–H and O–H groups in total. The van der Waals surface area contributed by atoms with E-state index in [1.165, 1.54) is 69.9 Å². The predicted octanol–water partition coefficient (Wildman–Crippen LogP) is 2.54. The fraction of sp³-hybridized carbons (Fsp3) is 0.647. The molecule has 2 heterocycles. The fourth-order valence-corrected chi connectivity index (χ4v) is 3.38. The summed E-state index contributed by atoms with van der Waals surface area (Å²) in [6.45, 7) is 10.7. The molecule has 3 nitrogen and oxygen atoms in total. The summed E-state index contributed by atoms with van der Waals surface area (Å²) in [6.07, 6.45) is 2.75. The number of nitrogens with one attached hydrogen (secondary N) is 1. The Hall–Kier alpha value is -0.770. The highest BCUT2D eigenvalue weighted by atomic mass is 35.5. The summed E-state index contributed by atoms with van der Waals surface area (Å²) in [5.74, 6) is 0.921. The van der Waals surface area contributed by atoms with Crippen molar-refractivity contribution in [3.8, 4) is 0 Å². The number of hydrogen-bond donors (Lipinski definition) is 1. The van der Waals surface area contributed by atoms with Gasteiger partial charge in [0, 0.05) is 31.9 Å². The molecular formula is C17H28ClN3. The van der Waals surface area contributed by atoms with Crippen molar-refractivity contribution in [3.63, 3.8) is 0 Å². The van der Waals surface area contributed by atoms with Crippen molar-refractivity contribution in [1.82, 2.24) is 10.2 Å². The van der Waals surface area contributed by atoms with Gasteiger partial charge >= 0.3 is 0 Å². The molecule has 2 aliphatic heterocycles. The van der Waals surface area contributed by atoms with Gasteiger partial charge in [0.15, 0.2) is 0 Å². The van der Waals surface area contributed by atoms with Crippen LogP contribution in [0.1, 0.15) is 18.4 Å². The number of aryl methyl sites for hydroxylation is 1. The minimum absolute atomic E-state index is 0. The number of nitrogens with zero attached hydrogens (tertiary/aromatic N) is 2. The molecule has 0 spiro atoms. The predicted molar refractivity (Wildman–Crippen MR) is 92.7 cm³/mol. The summed E-state index contributed by atoms with van der Waals surface area (Å²) < 4.78 is 0. The van der Waals surface area contributed by atoms with E-state index in [-0.39, 0.29) is 12.4 Å². The summed E-state index contributed by atoms with van der Waals surface area (Å²) in [6, 6.07) is 8.90. The summed E-state index contributed by atoms with van der Waals surface area (Å²) in [5.41, 5.74) is 2.75. The maximum absolute atomic E-state index is 3.47. The highest BCUT2D eigenvalue weighted by Gasteiger charge is 2.19. The minimum Gasteiger partial charge on any atom is -0.369 e. The number of hydrogen-bond acceptors (Lipinski definition) is 3. The largest absolute Gasteiger partial charge is 0.369 e. The first-order valence-corrected chi connectivity index (χ1v) is 8.06. The lowest BCUT2D eigenvalue weighted by molar-refractivity contribution is 0.241. The monoisotopic (exact) mass is 309 g/mol. The molecule has 3 rings (SSSR count). The standard InChI is InChI=1S/C17H27N3.ClH/c1-15-3-2-4-17(13-15)20-11-9-19(10-12-20)8-6-16-5-7-18-14-16;/h2-4,13,16,18H,5-12,14H2,1H3;1H. The third-order valence-corrected chi connectivity index (χ3v) is 4.76. The van der Waals surface area contributed by atoms with Crippen molar-refractivity contribution in [2.45, 2.75) is 19.8 Å². The first-order valence-electron chi connectivity index (χ1n) is 8.06. The molecule has 0 saturated carbocycles. The second-order valence-electron chi connectivity index (χ2n) is 6.32. The zero-order valence-corrected chi connectivity index (χ0v) is 13.9. The smallest absolute Gasteiger partial charge is 0.0369 e. The number of benzene rings is 1. The molecule has 0 aromatic heterocycles. The SMILES string of the molecule is Cc1cccc(N2CCN(CCC3CCNC3)CC2)c1.Cl. The summed E-state index contributed by atoms with van der Waals surface area (Å²) in [7, 11) is 0. The highest BCUT2D eigenvalue weighted by molar-refractivity contribution is 5.85. The zero-order valence-electron chi connectivity index (χ0n) is 13.1. The Morgan fingerprint density at radius 2 is 2.00 bits per heavy atom. The highest BCUT2D eigenvalue weighted by Crippen LogP contribution is 2.19. The lowest BCUT2D eigenvalue weighted by atomic mass is 10.0. The Kier molecular flexibility index (Phi) is 6.34. The molecule has 2 fully saturated rings. The van der Waals surface area contributed by atoms with Crippen LogP contribution in [0.4, 0.5) is 5.69 Å². The normalized spacial score (nSPS) is 23.1. The van der Waals surface area contributed by atoms with Crippen LogP contribution < -0.4 is 10.2 Å². The van der Waals surface area contributed by atoms with Gasteiger partial charge in [-0.15, -0.1) is 12.4 Å². The van der Waals surface area contributed by atoms with E-state index in [9.17, 15) is 0 Å². The molecule has 1 aromatic rings. The van der Waals surface area contributed by atoms with Crippen molar-refractivity contribution in [2.75, 3.05) is 50.7 Å². The summed E-state index contributed by atoms with van der Waals surface area (Å²) in [5, 5.41) is 3.47. The van der Waals surface area contributed by atoms with Crippen molar-refractivity contribution < 1.29 is 0 Å². The van der Waals surface area contributed by atoms with Crippen LogP contribution in [0.3, 0.4) is 0 Å². The lowest BCUT2D eigenvalue weighted by Gasteiger charge is -2.36. The molecule has 4 heteroatoms. The van der Waals surface area contributed by atoms with Crippen LogP contribution in [-0.2, 0) is 0 Å². The van der Waals surface area contributed by atoms with Crippen molar-refractivity contribution in [3.05, 3.63) is 29.8 Å². The molecular weight excluding hydrogens is 282 g/mol. The Morgan fingerprint density at radius 3 is 2.67 bits per heavy atom. The minimum atomic E-state index is 0. The van der Waals surface area contributed by atoms with Gasteiger partial charge in [0.05, 0.1) is 0 Å². The van der Waals surface area contributed by atoms with E-state index in [1.807, 2.05) is 0 Å². The Labute approximate surface area is 135 Å². The van der Waals surface area contributed by atoms with Gasteiger partial charge in [0.2, 0.25) is 0 Å². The van der Waals surface area contributed by atoms with Crippen LogP contribution in [0, 0.1) is 12.8 Å². The van der Waals surface area contributed by atoms with Crippen molar-refractivity contribution in [2.24, 2.45) is 5.92 Å². The summed E-state index contributed by atoms with van der Waals surface area (Å²) >= 11 is 0. The first-order chi connectivity index (χ1) is 9.81. The van der Waals surface area contributed by atoms with Crippen LogP contribution in [0.15, 0.2) is 24.3 Å². The average Bonchev–Trinajstić information content (AvgIpc) is 2.99. The van der Waals surface area contributed by atoms with E-state index in [0.29, 0.717) is 0 Å². The second kappa shape index (κ2) is 8.02. The average molecular weight is 310 g/mol. The van der Waals surface area contributed by atoms with E-state index in [4.69, 9.17) is 0 Å². The van der Waals surface area contributed by atoms with E-state index in [1.54, 1.807) is 0 Å². The van der Waals surface area contributed by atoms with Gasteiger partial charge < -0.3 is 10.2 Å². The molecule has 0 aliphatic carbocycles. The third kappa shape index (κ3) is 4.60. The van der Waals surface area contributed by atoms with Gasteiger partial charge in [0.1, 0.15) is 0 Å². The zero-order chi connectivity index (χ0) is 13.8. The molecule has 2 saturated heterocycles. The van der Waals surface area contributed by atoms with Crippen molar-refractivity contribution >= 4 is 18.1 Å². The molecule has 118 valence electrons. The number of piperazine rings is 1. The summed E-state index contributed by atoms with van der Waals surface area (Å²) in [4.78, 5) is 5.17. The van der Waals surface area contributed by atoms with Gasteiger partial charge in [-0.1, -0.05) is 12.1 Å². The van der Waals surface area contributed by atoms with Gasteiger partial charge in [-0.05, 0) is 63.0 Å². The Bertz CT molecular complexity index is 424. The first kappa shape index (κ1) is 16.6. The quantitative estimate of drug-likeness (QED) is 0.922. The molecule has 21 heavy (non-hydrogen) atoms. The topological polar surface area (TPSA) is 18.5 Å². The van der Waals surface area contributed by atoms with Gasteiger partial charge in [-0.3, -0.25) is 4.90 Å². The van der Waals surface area contributed by atoms with Crippen molar-refractivity contribution in [1.29, 1.82) is 0 Å². The molecule has 0 amide bonds. The van der Waals surface area contributed by atoms with Crippen LogP contribution in [0.2, 0.25) is 0 Å². The number of anilines is 1. The molecule has 2 aliphatic rings. The fourth-order valence-electron chi connectivity index (χ4n) is 3.38. The maximum atomic E-state index is 3.47. The van der Waals surface area contributed by atoms with Gasteiger partial charge in [0.25, 0.3) is 0 Å². The number of halogens is 1. The van der Waals surface area contributed by atoms with Gasteiger partial charge in [-0.25, -0.2) is 0 Å². The lowest BCUT2D eigenvalue weighted by Crippen LogP contribution is -2.46. The Morgan fingerprint density at radius 1 is 1.19 bits per heavy atom.